The van der Waals surface area contributed by atoms with Crippen LogP contribution in [0.1, 0.15) is 39.1 Å². The molecule has 0 radical (unpaired) electrons. The summed E-state index contributed by atoms with van der Waals surface area (Å²) in [6, 6.07) is 11.7. The van der Waals surface area contributed by atoms with Crippen molar-refractivity contribution < 1.29 is 23.5 Å². The van der Waals surface area contributed by atoms with Crippen molar-refractivity contribution >= 4 is 11.8 Å². The normalized spacial score (nSPS) is 17.1. The molecule has 130 valence electrons. The highest BCUT2D eigenvalue weighted by Crippen LogP contribution is 2.18. The largest absolute Gasteiger partial charge is 0.462 e. The summed E-state index contributed by atoms with van der Waals surface area (Å²) in [4.78, 5) is 25.1. The van der Waals surface area contributed by atoms with Crippen LogP contribution in [0.25, 0.3) is 0 Å². The molecule has 5 heteroatoms. The van der Waals surface area contributed by atoms with E-state index in [0.717, 1.165) is 19.4 Å². The standard InChI is InChI=1S/C20H19FO4/c21-16-9-7-15(8-10-16)19(22)17-5-1-2-6-18(17)20(23)25-13-14-4-3-11-24-12-14/h1-2,5-10,14H,3-4,11-13H2/t14-/m0/s1. The number of ether oxygens (including phenoxy) is 2. The summed E-state index contributed by atoms with van der Waals surface area (Å²) in [5.41, 5.74) is 0.787. The predicted molar refractivity (Wildman–Crippen MR) is 90.1 cm³/mol. The van der Waals surface area contributed by atoms with E-state index < -0.39 is 11.8 Å². The fraction of sp³-hybridized carbons (Fsp3) is 0.300. The van der Waals surface area contributed by atoms with Gasteiger partial charge in [-0.15, -0.1) is 0 Å². The number of halogens is 1. The van der Waals surface area contributed by atoms with E-state index in [4.69, 9.17) is 9.47 Å². The molecule has 0 spiro atoms. The number of hydrogen-bond donors (Lipinski definition) is 0. The van der Waals surface area contributed by atoms with Gasteiger partial charge in [0.05, 0.1) is 18.8 Å². The van der Waals surface area contributed by atoms with Gasteiger partial charge in [-0.2, -0.15) is 0 Å². The Balaban J connectivity index is 1.74. The summed E-state index contributed by atoms with van der Waals surface area (Å²) in [5, 5.41) is 0. The molecule has 0 N–H and O–H groups in total. The van der Waals surface area contributed by atoms with Gasteiger partial charge in [-0.05, 0) is 43.2 Å². The van der Waals surface area contributed by atoms with Crippen molar-refractivity contribution in [3.63, 3.8) is 0 Å². The van der Waals surface area contributed by atoms with Gasteiger partial charge in [0.2, 0.25) is 0 Å². The van der Waals surface area contributed by atoms with Crippen LogP contribution >= 0.6 is 0 Å². The second kappa shape index (κ2) is 8.03. The quantitative estimate of drug-likeness (QED) is 0.615. The SMILES string of the molecule is O=C(OC[C@H]1CCCOC1)c1ccccc1C(=O)c1ccc(F)cc1. The van der Waals surface area contributed by atoms with Crippen molar-refractivity contribution in [2.75, 3.05) is 19.8 Å². The maximum absolute atomic E-state index is 13.0. The maximum Gasteiger partial charge on any atom is 0.338 e. The molecule has 0 saturated carbocycles. The van der Waals surface area contributed by atoms with Gasteiger partial charge < -0.3 is 9.47 Å². The molecule has 1 atom stereocenters. The molecule has 1 aliphatic rings. The maximum atomic E-state index is 13.0. The minimum absolute atomic E-state index is 0.192. The third-order valence-electron chi connectivity index (χ3n) is 4.20. The monoisotopic (exact) mass is 342 g/mol. The van der Waals surface area contributed by atoms with E-state index in [0.29, 0.717) is 12.2 Å². The van der Waals surface area contributed by atoms with E-state index in [-0.39, 0.29) is 29.4 Å². The Morgan fingerprint density at radius 1 is 1.08 bits per heavy atom. The molecule has 0 aromatic heterocycles. The smallest absolute Gasteiger partial charge is 0.338 e. The van der Waals surface area contributed by atoms with E-state index in [2.05, 4.69) is 0 Å². The van der Waals surface area contributed by atoms with Gasteiger partial charge in [0.1, 0.15) is 5.82 Å². The van der Waals surface area contributed by atoms with E-state index in [1.54, 1.807) is 24.3 Å². The molecule has 0 bridgehead atoms. The third-order valence-corrected chi connectivity index (χ3v) is 4.20. The Morgan fingerprint density at radius 3 is 2.48 bits per heavy atom. The zero-order valence-corrected chi connectivity index (χ0v) is 13.7. The van der Waals surface area contributed by atoms with Crippen molar-refractivity contribution in [2.45, 2.75) is 12.8 Å². The van der Waals surface area contributed by atoms with Crippen LogP contribution in [0, 0.1) is 11.7 Å². The van der Waals surface area contributed by atoms with Crippen molar-refractivity contribution in [3.8, 4) is 0 Å². The van der Waals surface area contributed by atoms with Gasteiger partial charge in [-0.3, -0.25) is 4.79 Å². The Labute approximate surface area is 145 Å². The average molecular weight is 342 g/mol. The topological polar surface area (TPSA) is 52.6 Å². The lowest BCUT2D eigenvalue weighted by molar-refractivity contribution is 0.00851. The van der Waals surface area contributed by atoms with E-state index >= 15 is 0 Å². The molecule has 1 aliphatic heterocycles. The number of esters is 1. The van der Waals surface area contributed by atoms with Gasteiger partial charge in [-0.1, -0.05) is 18.2 Å². The summed E-state index contributed by atoms with van der Waals surface area (Å²) in [7, 11) is 0. The molecule has 25 heavy (non-hydrogen) atoms. The molecular formula is C20H19FO4. The van der Waals surface area contributed by atoms with E-state index in [1.807, 2.05) is 0 Å². The summed E-state index contributed by atoms with van der Waals surface area (Å²) in [5.74, 6) is -1.10. The third kappa shape index (κ3) is 4.31. The molecule has 1 saturated heterocycles. The first-order valence-electron chi connectivity index (χ1n) is 8.29. The number of benzene rings is 2. The van der Waals surface area contributed by atoms with Gasteiger partial charge in [-0.25, -0.2) is 9.18 Å². The minimum Gasteiger partial charge on any atom is -0.462 e. The van der Waals surface area contributed by atoms with Crippen LogP contribution in [-0.4, -0.2) is 31.6 Å². The first-order valence-corrected chi connectivity index (χ1v) is 8.29. The van der Waals surface area contributed by atoms with Crippen LogP contribution < -0.4 is 0 Å². The lowest BCUT2D eigenvalue weighted by atomic mass is 9.98. The molecule has 0 amide bonds. The first kappa shape index (κ1) is 17.3. The lowest BCUT2D eigenvalue weighted by Gasteiger charge is -2.21. The van der Waals surface area contributed by atoms with Crippen LogP contribution in [0.3, 0.4) is 0 Å². The summed E-state index contributed by atoms with van der Waals surface area (Å²) in [6.45, 7) is 1.61. The molecule has 0 aliphatic carbocycles. The first-order chi connectivity index (χ1) is 12.1. The van der Waals surface area contributed by atoms with Crippen molar-refractivity contribution in [3.05, 3.63) is 71.0 Å². The Hall–Kier alpha value is -2.53. The zero-order valence-electron chi connectivity index (χ0n) is 13.7. The van der Waals surface area contributed by atoms with Gasteiger partial charge in [0.15, 0.2) is 5.78 Å². The van der Waals surface area contributed by atoms with Crippen LogP contribution in [-0.2, 0) is 9.47 Å². The molecule has 1 heterocycles. The molecule has 3 rings (SSSR count). The fourth-order valence-electron chi connectivity index (χ4n) is 2.83. The second-order valence-corrected chi connectivity index (χ2v) is 6.06. The Kier molecular flexibility index (Phi) is 5.56. The number of hydrogen-bond acceptors (Lipinski definition) is 4. The molecular weight excluding hydrogens is 323 g/mol. The highest BCUT2D eigenvalue weighted by atomic mass is 19.1. The zero-order chi connectivity index (χ0) is 17.6. The summed E-state index contributed by atoms with van der Waals surface area (Å²) >= 11 is 0. The number of rotatable bonds is 5. The summed E-state index contributed by atoms with van der Waals surface area (Å²) in [6.07, 6.45) is 1.92. The highest BCUT2D eigenvalue weighted by molar-refractivity contribution is 6.14. The Morgan fingerprint density at radius 2 is 1.80 bits per heavy atom. The number of ketones is 1. The average Bonchev–Trinajstić information content (AvgIpc) is 2.67. The van der Waals surface area contributed by atoms with Crippen molar-refractivity contribution in [2.24, 2.45) is 5.92 Å². The molecule has 2 aromatic carbocycles. The second-order valence-electron chi connectivity index (χ2n) is 6.06. The van der Waals surface area contributed by atoms with Crippen LogP contribution in [0.15, 0.2) is 48.5 Å². The van der Waals surface area contributed by atoms with Crippen LogP contribution in [0.4, 0.5) is 4.39 Å². The summed E-state index contributed by atoms with van der Waals surface area (Å²) < 4.78 is 23.8. The lowest BCUT2D eigenvalue weighted by Crippen LogP contribution is -2.24. The van der Waals surface area contributed by atoms with E-state index in [9.17, 15) is 14.0 Å². The fourth-order valence-corrected chi connectivity index (χ4v) is 2.83. The minimum atomic E-state index is -0.531. The van der Waals surface area contributed by atoms with Gasteiger partial charge in [0.25, 0.3) is 0 Å². The van der Waals surface area contributed by atoms with Crippen molar-refractivity contribution in [1.29, 1.82) is 0 Å². The van der Waals surface area contributed by atoms with Gasteiger partial charge >= 0.3 is 5.97 Å². The molecule has 2 aromatic rings. The van der Waals surface area contributed by atoms with Crippen molar-refractivity contribution in [1.82, 2.24) is 0 Å². The molecule has 0 unspecified atom stereocenters. The number of carbonyl (C=O) groups is 2. The molecule has 1 fully saturated rings. The van der Waals surface area contributed by atoms with Crippen LogP contribution in [0.5, 0.6) is 0 Å². The Bertz CT molecular complexity index is 749. The predicted octanol–water partition coefficient (Wildman–Crippen LogP) is 3.64. The number of carbonyl (C=O) groups excluding carboxylic acids is 2. The van der Waals surface area contributed by atoms with Crippen LogP contribution in [0.2, 0.25) is 0 Å². The van der Waals surface area contributed by atoms with Gasteiger partial charge in [0, 0.05) is 23.7 Å². The van der Waals surface area contributed by atoms with E-state index in [1.165, 1.54) is 24.3 Å². The molecule has 4 nitrogen and oxygen atoms in total. The highest BCUT2D eigenvalue weighted by Gasteiger charge is 2.21.